The molecule has 0 aliphatic rings. The van der Waals surface area contributed by atoms with Crippen LogP contribution in [0.2, 0.25) is 0 Å². The highest BCUT2D eigenvalue weighted by Gasteiger charge is 2.15. The van der Waals surface area contributed by atoms with Gasteiger partial charge in [-0.1, -0.05) is 72.8 Å². The molecule has 0 spiro atoms. The normalized spacial score (nSPS) is 11.1. The van der Waals surface area contributed by atoms with Crippen molar-refractivity contribution in [1.29, 1.82) is 0 Å². The number of rotatable bonds is 13. The van der Waals surface area contributed by atoms with Gasteiger partial charge in [0.2, 0.25) is 0 Å². The van der Waals surface area contributed by atoms with Crippen LogP contribution < -0.4 is 14.8 Å². The fourth-order valence-electron chi connectivity index (χ4n) is 6.90. The number of aromatic nitrogens is 4. The predicted octanol–water partition coefficient (Wildman–Crippen LogP) is 8.42. The van der Waals surface area contributed by atoms with Crippen LogP contribution in [-0.4, -0.2) is 58.8 Å². The van der Waals surface area contributed by atoms with Crippen molar-refractivity contribution < 1.29 is 23.8 Å². The number of ether oxygens (including phenoxy) is 3. The van der Waals surface area contributed by atoms with Gasteiger partial charge in [0, 0.05) is 28.7 Å². The quantitative estimate of drug-likeness (QED) is 0.0934. The van der Waals surface area contributed by atoms with E-state index < -0.39 is 5.97 Å². The van der Waals surface area contributed by atoms with E-state index in [0.717, 1.165) is 66.7 Å². The maximum Gasteiger partial charge on any atom is 0.338 e. The van der Waals surface area contributed by atoms with E-state index in [1.165, 1.54) is 0 Å². The van der Waals surface area contributed by atoms with Crippen molar-refractivity contribution in [2.24, 2.45) is 0 Å². The molecule has 0 atom stereocenters. The molecule has 0 fully saturated rings. The van der Waals surface area contributed by atoms with E-state index in [1.807, 2.05) is 143 Å². The highest BCUT2D eigenvalue weighted by Crippen LogP contribution is 2.31. The van der Waals surface area contributed by atoms with E-state index >= 15 is 0 Å². The lowest BCUT2D eigenvalue weighted by Gasteiger charge is -2.10. The Hall–Kier alpha value is -7.20. The van der Waals surface area contributed by atoms with E-state index in [0.29, 0.717) is 24.2 Å². The number of nitrogens with one attached hydrogen (secondary N) is 1. The first-order chi connectivity index (χ1) is 27.4. The highest BCUT2D eigenvalue weighted by atomic mass is 16.5. The Morgan fingerprint density at radius 3 is 1.64 bits per heavy atom. The molecule has 1 amide bonds. The number of nitrogens with zero attached hydrogens (tertiary/aromatic N) is 4. The largest absolute Gasteiger partial charge is 0.497 e. The molecule has 10 nitrogen and oxygen atoms in total. The molecule has 0 aliphatic carbocycles. The summed E-state index contributed by atoms with van der Waals surface area (Å²) >= 11 is 0. The number of carbonyl (C=O) groups is 2. The second-order valence-corrected chi connectivity index (χ2v) is 13.4. The second-order valence-electron chi connectivity index (χ2n) is 13.4. The molecule has 1 N–H and O–H groups in total. The van der Waals surface area contributed by atoms with Gasteiger partial charge in [-0.15, -0.1) is 0 Å². The van der Waals surface area contributed by atoms with Gasteiger partial charge in [0.15, 0.2) is 0 Å². The molecular formula is C46H39N5O5. The van der Waals surface area contributed by atoms with E-state index in [4.69, 9.17) is 24.4 Å². The summed E-state index contributed by atoms with van der Waals surface area (Å²) in [5, 5.41) is 14.4. The van der Waals surface area contributed by atoms with Crippen molar-refractivity contribution >= 4 is 33.7 Å². The first kappa shape index (κ1) is 35.8. The highest BCUT2D eigenvalue weighted by molar-refractivity contribution is 5.99. The SMILES string of the molecule is COc1cccc(Cn2cc3c(-c4cccc(C(=O)NCCOC(=O)c5cccc(-c6cccc7nn(Cc8cccc(OC)c8)cc67)c5)c4)cccc3n2)c1. The van der Waals surface area contributed by atoms with E-state index in [-0.39, 0.29) is 19.1 Å². The Morgan fingerprint density at radius 1 is 0.589 bits per heavy atom. The Morgan fingerprint density at radius 2 is 1.09 bits per heavy atom. The Balaban J connectivity index is 0.893. The maximum atomic E-state index is 13.2. The van der Waals surface area contributed by atoms with Crippen LogP contribution in [0.15, 0.2) is 146 Å². The molecule has 56 heavy (non-hydrogen) atoms. The van der Waals surface area contributed by atoms with Crippen LogP contribution in [0.25, 0.3) is 44.1 Å². The number of esters is 1. The Labute approximate surface area is 323 Å². The van der Waals surface area contributed by atoms with Gasteiger partial charge in [-0.2, -0.15) is 10.2 Å². The number of fused-ring (bicyclic) bond motifs is 2. The summed E-state index contributed by atoms with van der Waals surface area (Å²) in [4.78, 5) is 26.4. The summed E-state index contributed by atoms with van der Waals surface area (Å²) in [7, 11) is 3.31. The zero-order chi connectivity index (χ0) is 38.4. The van der Waals surface area contributed by atoms with E-state index in [1.54, 1.807) is 26.4 Å². The van der Waals surface area contributed by atoms with Crippen molar-refractivity contribution in [2.45, 2.75) is 13.1 Å². The van der Waals surface area contributed by atoms with Crippen LogP contribution in [-0.2, 0) is 17.8 Å². The number of benzene rings is 6. The van der Waals surface area contributed by atoms with Crippen LogP contribution >= 0.6 is 0 Å². The molecule has 0 saturated carbocycles. The summed E-state index contributed by atoms with van der Waals surface area (Å²) in [6.45, 7) is 1.37. The number of amides is 1. The van der Waals surface area contributed by atoms with E-state index in [2.05, 4.69) is 5.32 Å². The van der Waals surface area contributed by atoms with Gasteiger partial charge in [-0.3, -0.25) is 14.2 Å². The standard InChI is InChI=1S/C46H39N5O5/c1-54-37-15-3-9-31(23-37)27-50-29-41-39(17-7-19-43(41)48-50)33-11-5-13-35(25-33)45(52)47-21-22-56-46(53)36-14-6-12-34(26-36)40-18-8-20-44-42(40)30-51(49-44)28-32-10-4-16-38(24-32)55-2/h3-20,23-26,29-30H,21-22,27-28H2,1-2H3,(H,47,52). The number of methoxy groups -OCH3 is 2. The monoisotopic (exact) mass is 741 g/mol. The van der Waals surface area contributed by atoms with Crippen LogP contribution in [0, 0.1) is 0 Å². The topological polar surface area (TPSA) is 110 Å². The first-order valence-electron chi connectivity index (χ1n) is 18.3. The molecule has 6 aromatic carbocycles. The van der Waals surface area contributed by atoms with Gasteiger partial charge in [-0.05, 0) is 94.0 Å². The van der Waals surface area contributed by atoms with Crippen molar-refractivity contribution in [1.82, 2.24) is 24.9 Å². The van der Waals surface area contributed by atoms with Crippen molar-refractivity contribution in [3.63, 3.8) is 0 Å². The zero-order valence-electron chi connectivity index (χ0n) is 31.0. The fraction of sp³-hybridized carbons (Fsp3) is 0.130. The third-order valence-corrected chi connectivity index (χ3v) is 9.62. The third-order valence-electron chi connectivity index (χ3n) is 9.62. The second kappa shape index (κ2) is 16.0. The number of hydrogen-bond donors (Lipinski definition) is 1. The first-order valence-corrected chi connectivity index (χ1v) is 18.3. The number of hydrogen-bond acceptors (Lipinski definition) is 7. The van der Waals surface area contributed by atoms with Gasteiger partial charge in [-0.25, -0.2) is 4.79 Å². The molecule has 0 aliphatic heterocycles. The predicted molar refractivity (Wildman–Crippen MR) is 217 cm³/mol. The Kier molecular flexibility index (Phi) is 10.3. The molecule has 0 unspecified atom stereocenters. The van der Waals surface area contributed by atoms with Crippen LogP contribution in [0.1, 0.15) is 31.8 Å². The van der Waals surface area contributed by atoms with Crippen molar-refractivity contribution in [3.8, 4) is 33.8 Å². The molecule has 2 heterocycles. The van der Waals surface area contributed by atoms with Crippen molar-refractivity contribution in [3.05, 3.63) is 168 Å². The maximum absolute atomic E-state index is 13.2. The smallest absolute Gasteiger partial charge is 0.338 e. The lowest BCUT2D eigenvalue weighted by molar-refractivity contribution is 0.0503. The van der Waals surface area contributed by atoms with Crippen LogP contribution in [0.4, 0.5) is 0 Å². The molecule has 278 valence electrons. The molecule has 0 saturated heterocycles. The van der Waals surface area contributed by atoms with Crippen LogP contribution in [0.5, 0.6) is 11.5 Å². The minimum atomic E-state index is -0.468. The Bertz CT molecular complexity index is 2510. The van der Waals surface area contributed by atoms with E-state index in [9.17, 15) is 9.59 Å². The molecule has 8 rings (SSSR count). The molecule has 8 aromatic rings. The molecular weight excluding hydrogens is 703 g/mol. The molecule has 2 aromatic heterocycles. The summed E-state index contributed by atoms with van der Waals surface area (Å²) in [6, 6.07) is 42.6. The minimum Gasteiger partial charge on any atom is -0.497 e. The van der Waals surface area contributed by atoms with Gasteiger partial charge in [0.1, 0.15) is 18.1 Å². The average molecular weight is 742 g/mol. The fourth-order valence-corrected chi connectivity index (χ4v) is 6.90. The van der Waals surface area contributed by atoms with Gasteiger partial charge >= 0.3 is 5.97 Å². The summed E-state index contributed by atoms with van der Waals surface area (Å²) in [5.41, 5.74) is 8.50. The molecule has 0 radical (unpaired) electrons. The van der Waals surface area contributed by atoms with Gasteiger partial charge < -0.3 is 19.5 Å². The zero-order valence-corrected chi connectivity index (χ0v) is 31.0. The van der Waals surface area contributed by atoms with Crippen LogP contribution in [0.3, 0.4) is 0 Å². The lowest BCUT2D eigenvalue weighted by atomic mass is 10.00. The van der Waals surface area contributed by atoms with Gasteiger partial charge in [0.25, 0.3) is 5.91 Å². The van der Waals surface area contributed by atoms with Crippen molar-refractivity contribution in [2.75, 3.05) is 27.4 Å². The number of carbonyl (C=O) groups excluding carboxylic acids is 2. The lowest BCUT2D eigenvalue weighted by Crippen LogP contribution is -2.28. The minimum absolute atomic E-state index is 0.0207. The third kappa shape index (κ3) is 7.85. The summed E-state index contributed by atoms with van der Waals surface area (Å²) in [5.74, 6) is 0.873. The molecule has 0 bridgehead atoms. The molecule has 10 heteroatoms. The van der Waals surface area contributed by atoms with Gasteiger partial charge in [0.05, 0.1) is 50.5 Å². The summed E-state index contributed by atoms with van der Waals surface area (Å²) < 4.78 is 20.2. The summed E-state index contributed by atoms with van der Waals surface area (Å²) in [6.07, 6.45) is 4.05. The average Bonchev–Trinajstić information content (AvgIpc) is 3.85.